The van der Waals surface area contributed by atoms with Crippen molar-refractivity contribution in [2.45, 2.75) is 51.7 Å². The summed E-state index contributed by atoms with van der Waals surface area (Å²) in [6.45, 7) is 6.01. The quantitative estimate of drug-likeness (QED) is 0.603. The molecule has 0 radical (unpaired) electrons. The van der Waals surface area contributed by atoms with E-state index in [1.165, 1.54) is 25.3 Å². The van der Waals surface area contributed by atoms with Crippen LogP contribution < -0.4 is 16.2 Å². The van der Waals surface area contributed by atoms with E-state index >= 15 is 0 Å². The van der Waals surface area contributed by atoms with Gasteiger partial charge in [0.2, 0.25) is 5.91 Å². The zero-order valence-electron chi connectivity index (χ0n) is 19.2. The smallest absolute Gasteiger partial charge is 0.274 e. The van der Waals surface area contributed by atoms with Gasteiger partial charge in [-0.2, -0.15) is 5.10 Å². The molecule has 2 aliphatic rings. The molecule has 1 saturated carbocycles. The number of nitrogens with one attached hydrogen (secondary N) is 2. The fourth-order valence-electron chi connectivity index (χ4n) is 4.49. The van der Waals surface area contributed by atoms with E-state index in [9.17, 15) is 9.59 Å². The van der Waals surface area contributed by atoms with Gasteiger partial charge in [0.15, 0.2) is 5.82 Å². The summed E-state index contributed by atoms with van der Waals surface area (Å²) in [7, 11) is 1.80. The van der Waals surface area contributed by atoms with Crippen molar-refractivity contribution in [1.82, 2.24) is 24.2 Å². The molecule has 1 fully saturated rings. The molecule has 33 heavy (non-hydrogen) atoms. The topological polar surface area (TPSA) is 97.1 Å². The summed E-state index contributed by atoms with van der Waals surface area (Å²) < 4.78 is 3.67. The fourth-order valence-corrected chi connectivity index (χ4v) is 4.49. The predicted molar refractivity (Wildman–Crippen MR) is 127 cm³/mol. The Balaban J connectivity index is 1.33. The van der Waals surface area contributed by atoms with E-state index in [1.807, 2.05) is 35.1 Å². The third-order valence-electron chi connectivity index (χ3n) is 6.42. The maximum absolute atomic E-state index is 12.7. The summed E-state index contributed by atoms with van der Waals surface area (Å²) in [5.41, 5.74) is 3.93. The minimum atomic E-state index is -0.132. The van der Waals surface area contributed by atoms with Crippen LogP contribution in [0.5, 0.6) is 0 Å². The van der Waals surface area contributed by atoms with Gasteiger partial charge < -0.3 is 15.2 Å². The number of carbonyl (C=O) groups is 1. The molecule has 0 unspecified atom stereocenters. The number of rotatable bonds is 6. The molecule has 3 aromatic heterocycles. The summed E-state index contributed by atoms with van der Waals surface area (Å²) >= 11 is 0. The molecule has 9 heteroatoms. The molecular weight excluding hydrogens is 418 g/mol. The third kappa shape index (κ3) is 4.54. The van der Waals surface area contributed by atoms with E-state index < -0.39 is 0 Å². The number of hydrogen-bond donors (Lipinski definition) is 2. The number of amides is 1. The maximum atomic E-state index is 12.7. The van der Waals surface area contributed by atoms with Crippen LogP contribution in [0.1, 0.15) is 55.5 Å². The van der Waals surface area contributed by atoms with Crippen LogP contribution in [0.15, 0.2) is 41.5 Å². The molecule has 3 aromatic rings. The monoisotopic (exact) mass is 447 g/mol. The molecule has 0 aromatic carbocycles. The first-order chi connectivity index (χ1) is 15.9. The Morgan fingerprint density at radius 2 is 2.00 bits per heavy atom. The molecule has 1 atom stereocenters. The van der Waals surface area contributed by atoms with Gasteiger partial charge in [-0.05, 0) is 55.0 Å². The fraction of sp³-hybridized carbons (Fsp3) is 0.417. The Morgan fingerprint density at radius 1 is 1.18 bits per heavy atom. The average molecular weight is 448 g/mol. The standard InChI is InChI=1S/C24H29N7O2/c1-15-21-12-23(27-20-11-19(18-4-5-18)14-29(3)24(20)33)28-31(21)9-8-30(15)13-17-6-7-25-22(10-17)26-16(2)32/h6-7,10-12,14-15,18H,4-5,8-9,13H2,1-3H3,(H,27,28)(H,25,26,32)/t15-/m0/s1. The van der Waals surface area contributed by atoms with Crippen LogP contribution in [0, 0.1) is 0 Å². The van der Waals surface area contributed by atoms with Crippen LogP contribution in [0.2, 0.25) is 0 Å². The van der Waals surface area contributed by atoms with E-state index in [1.54, 1.807) is 17.8 Å². The molecule has 0 spiro atoms. The van der Waals surface area contributed by atoms with Gasteiger partial charge in [0, 0.05) is 51.6 Å². The van der Waals surface area contributed by atoms with E-state index in [2.05, 4.69) is 27.4 Å². The van der Waals surface area contributed by atoms with Crippen molar-refractivity contribution in [3.63, 3.8) is 0 Å². The SMILES string of the molecule is CC(=O)Nc1cc(CN2CCn3nc(Nc4cc(C5CC5)cn(C)c4=O)cc3[C@@H]2C)ccn1. The summed E-state index contributed by atoms with van der Waals surface area (Å²) in [5, 5.41) is 10.7. The number of hydrogen-bond acceptors (Lipinski definition) is 6. The van der Waals surface area contributed by atoms with E-state index in [-0.39, 0.29) is 17.5 Å². The lowest BCUT2D eigenvalue weighted by Crippen LogP contribution is -2.36. The Morgan fingerprint density at radius 3 is 2.76 bits per heavy atom. The van der Waals surface area contributed by atoms with E-state index in [0.717, 1.165) is 30.9 Å². The molecule has 172 valence electrons. The van der Waals surface area contributed by atoms with Gasteiger partial charge in [0.1, 0.15) is 11.5 Å². The number of pyridine rings is 2. The third-order valence-corrected chi connectivity index (χ3v) is 6.42. The first-order valence-corrected chi connectivity index (χ1v) is 11.4. The second-order valence-electron chi connectivity index (χ2n) is 9.06. The lowest BCUT2D eigenvalue weighted by atomic mass is 10.1. The van der Waals surface area contributed by atoms with Crippen molar-refractivity contribution >= 4 is 23.2 Å². The van der Waals surface area contributed by atoms with Crippen LogP contribution in [0.4, 0.5) is 17.3 Å². The minimum absolute atomic E-state index is 0.0484. The molecule has 4 heterocycles. The van der Waals surface area contributed by atoms with Gasteiger partial charge >= 0.3 is 0 Å². The van der Waals surface area contributed by atoms with Gasteiger partial charge in [-0.15, -0.1) is 0 Å². The van der Waals surface area contributed by atoms with Crippen molar-refractivity contribution in [1.29, 1.82) is 0 Å². The van der Waals surface area contributed by atoms with Gasteiger partial charge in [-0.25, -0.2) is 4.98 Å². The van der Waals surface area contributed by atoms with Gasteiger partial charge in [-0.1, -0.05) is 0 Å². The molecule has 1 amide bonds. The summed E-state index contributed by atoms with van der Waals surface area (Å²) in [6.07, 6.45) is 6.04. The maximum Gasteiger partial charge on any atom is 0.274 e. The predicted octanol–water partition coefficient (Wildman–Crippen LogP) is 3.13. The second-order valence-corrected chi connectivity index (χ2v) is 9.06. The van der Waals surface area contributed by atoms with Gasteiger partial charge in [0.25, 0.3) is 5.56 Å². The second kappa shape index (κ2) is 8.47. The van der Waals surface area contributed by atoms with Crippen molar-refractivity contribution in [2.75, 3.05) is 17.2 Å². The zero-order chi connectivity index (χ0) is 23.1. The molecule has 0 saturated heterocycles. The highest BCUT2D eigenvalue weighted by molar-refractivity contribution is 5.87. The van der Waals surface area contributed by atoms with E-state index in [4.69, 9.17) is 5.10 Å². The van der Waals surface area contributed by atoms with Crippen LogP contribution >= 0.6 is 0 Å². The lowest BCUT2D eigenvalue weighted by molar-refractivity contribution is -0.114. The highest BCUT2D eigenvalue weighted by Crippen LogP contribution is 2.40. The molecule has 0 bridgehead atoms. The summed E-state index contributed by atoms with van der Waals surface area (Å²) in [5.74, 6) is 1.70. The van der Waals surface area contributed by atoms with Crippen molar-refractivity contribution in [3.05, 3.63) is 63.8 Å². The van der Waals surface area contributed by atoms with Crippen molar-refractivity contribution in [2.24, 2.45) is 7.05 Å². The highest BCUT2D eigenvalue weighted by Gasteiger charge is 2.27. The largest absolute Gasteiger partial charge is 0.334 e. The van der Waals surface area contributed by atoms with Crippen molar-refractivity contribution < 1.29 is 4.79 Å². The van der Waals surface area contributed by atoms with Crippen LogP contribution in [0.25, 0.3) is 0 Å². The highest BCUT2D eigenvalue weighted by atomic mass is 16.1. The lowest BCUT2D eigenvalue weighted by Gasteiger charge is -2.33. The Labute approximate surface area is 192 Å². The van der Waals surface area contributed by atoms with Crippen LogP contribution in [0.3, 0.4) is 0 Å². The first kappa shape index (κ1) is 21.4. The Hall–Kier alpha value is -3.46. The molecular formula is C24H29N7O2. The molecule has 5 rings (SSSR count). The molecule has 2 N–H and O–H groups in total. The average Bonchev–Trinajstić information content (AvgIpc) is 3.53. The number of aromatic nitrogens is 4. The van der Waals surface area contributed by atoms with Gasteiger partial charge in [0.05, 0.1) is 12.2 Å². The number of aryl methyl sites for hydroxylation is 1. The number of fused-ring (bicyclic) bond motifs is 1. The van der Waals surface area contributed by atoms with E-state index in [0.29, 0.717) is 23.2 Å². The zero-order valence-corrected chi connectivity index (χ0v) is 19.2. The summed E-state index contributed by atoms with van der Waals surface area (Å²) in [6, 6.07) is 8.05. The number of carbonyl (C=O) groups excluding carboxylic acids is 1. The van der Waals surface area contributed by atoms with Crippen LogP contribution in [-0.4, -0.2) is 36.7 Å². The normalized spacial score (nSPS) is 18.1. The molecule has 9 nitrogen and oxygen atoms in total. The first-order valence-electron chi connectivity index (χ1n) is 11.4. The Kier molecular flexibility index (Phi) is 5.49. The Bertz CT molecular complexity index is 1260. The molecule has 1 aliphatic heterocycles. The van der Waals surface area contributed by atoms with Gasteiger partial charge in [-0.3, -0.25) is 19.2 Å². The minimum Gasteiger partial charge on any atom is -0.334 e. The van der Waals surface area contributed by atoms with Crippen molar-refractivity contribution in [3.8, 4) is 0 Å². The number of anilines is 3. The molecule has 1 aliphatic carbocycles. The summed E-state index contributed by atoms with van der Waals surface area (Å²) in [4.78, 5) is 30.6. The number of nitrogens with zero attached hydrogens (tertiary/aromatic N) is 5. The van der Waals surface area contributed by atoms with Crippen LogP contribution in [-0.2, 0) is 24.9 Å².